The van der Waals surface area contributed by atoms with Crippen LogP contribution in [0.2, 0.25) is 0 Å². The summed E-state index contributed by atoms with van der Waals surface area (Å²) in [5.74, 6) is -1.46. The zero-order valence-corrected chi connectivity index (χ0v) is 12.9. The van der Waals surface area contributed by atoms with Gasteiger partial charge in [-0.2, -0.15) is 0 Å². The average molecular weight is 319 g/mol. The Morgan fingerprint density at radius 1 is 1.33 bits per heavy atom. The monoisotopic (exact) mass is 319 g/mol. The Morgan fingerprint density at radius 3 is 2.38 bits per heavy atom. The van der Waals surface area contributed by atoms with Gasteiger partial charge in [-0.15, -0.1) is 0 Å². The van der Waals surface area contributed by atoms with Crippen molar-refractivity contribution in [1.29, 1.82) is 0 Å². The number of rotatable bonds is 8. The zero-order valence-electron chi connectivity index (χ0n) is 12.0. The molecule has 9 heteroatoms. The van der Waals surface area contributed by atoms with Crippen molar-refractivity contribution in [3.8, 4) is 11.5 Å². The maximum Gasteiger partial charge on any atom is 0.370 e. The molecule has 0 heterocycles. The lowest BCUT2D eigenvalue weighted by Gasteiger charge is -2.23. The van der Waals surface area contributed by atoms with E-state index in [0.717, 1.165) is 12.1 Å². The first-order chi connectivity index (χ1) is 9.84. The molecule has 0 bridgehead atoms. The molecule has 1 aromatic carbocycles. The van der Waals surface area contributed by atoms with Crippen LogP contribution in [0.25, 0.3) is 0 Å². The van der Waals surface area contributed by atoms with E-state index >= 15 is 0 Å². The summed E-state index contributed by atoms with van der Waals surface area (Å²) in [5.41, 5.74) is -0.348. The molecule has 21 heavy (non-hydrogen) atoms. The minimum Gasteiger partial charge on any atom is -0.508 e. The molecular weight excluding hydrogens is 301 g/mol. The van der Waals surface area contributed by atoms with Gasteiger partial charge in [0.05, 0.1) is 18.1 Å². The van der Waals surface area contributed by atoms with Gasteiger partial charge in [0.15, 0.2) is 5.85 Å². The van der Waals surface area contributed by atoms with Gasteiger partial charge in [-0.05, 0) is 26.8 Å². The van der Waals surface area contributed by atoms with E-state index < -0.39 is 18.4 Å². The number of ether oxygens (including phenoxy) is 1. The van der Waals surface area contributed by atoms with Crippen LogP contribution < -0.4 is 4.74 Å². The summed E-state index contributed by atoms with van der Waals surface area (Å²) in [6.07, 6.45) is 0. The molecular formula is C12H18NO7P. The molecule has 0 aliphatic rings. The van der Waals surface area contributed by atoms with Gasteiger partial charge >= 0.3 is 13.3 Å². The van der Waals surface area contributed by atoms with E-state index in [-0.39, 0.29) is 30.4 Å². The van der Waals surface area contributed by atoms with Crippen LogP contribution in [-0.4, -0.2) is 29.1 Å². The third kappa shape index (κ3) is 4.42. The normalized spacial score (nSPS) is 12.9. The van der Waals surface area contributed by atoms with E-state index in [0.29, 0.717) is 0 Å². The number of benzene rings is 1. The first kappa shape index (κ1) is 17.4. The maximum atomic E-state index is 12.5. The van der Waals surface area contributed by atoms with Crippen LogP contribution in [0.1, 0.15) is 20.8 Å². The Balaban J connectivity index is 3.06. The highest BCUT2D eigenvalue weighted by Crippen LogP contribution is 2.53. The molecule has 0 aliphatic heterocycles. The number of nitro groups is 1. The predicted molar refractivity (Wildman–Crippen MR) is 75.7 cm³/mol. The van der Waals surface area contributed by atoms with Gasteiger partial charge in [-0.25, -0.2) is 0 Å². The molecule has 0 amide bonds. The molecule has 118 valence electrons. The molecule has 8 nitrogen and oxygen atoms in total. The smallest absolute Gasteiger partial charge is 0.370 e. The van der Waals surface area contributed by atoms with Gasteiger partial charge < -0.3 is 18.9 Å². The van der Waals surface area contributed by atoms with Crippen molar-refractivity contribution in [3.05, 3.63) is 28.3 Å². The Kier molecular flexibility index (Phi) is 6.14. The number of phenols is 1. The van der Waals surface area contributed by atoms with Crippen LogP contribution in [0.5, 0.6) is 11.5 Å². The van der Waals surface area contributed by atoms with Gasteiger partial charge in [0.25, 0.3) is 0 Å². The molecule has 0 saturated heterocycles. The van der Waals surface area contributed by atoms with Crippen molar-refractivity contribution in [2.24, 2.45) is 0 Å². The summed E-state index contributed by atoms with van der Waals surface area (Å²) in [7, 11) is -3.57. The number of nitrogens with zero attached hydrogens (tertiary/aromatic N) is 1. The van der Waals surface area contributed by atoms with Crippen LogP contribution in [0.15, 0.2) is 18.2 Å². The molecule has 1 rings (SSSR count). The first-order valence-corrected chi connectivity index (χ1v) is 7.98. The molecule has 1 unspecified atom stereocenters. The second-order valence-corrected chi connectivity index (χ2v) is 6.32. The summed E-state index contributed by atoms with van der Waals surface area (Å²) in [4.78, 5) is 10.3. The molecule has 1 aromatic rings. The van der Waals surface area contributed by atoms with E-state index in [2.05, 4.69) is 0 Å². The van der Waals surface area contributed by atoms with Crippen LogP contribution >= 0.6 is 7.60 Å². The van der Waals surface area contributed by atoms with Crippen LogP contribution in [0, 0.1) is 10.1 Å². The minimum atomic E-state index is -3.57. The molecule has 1 N–H and O–H groups in total. The second kappa shape index (κ2) is 7.40. The lowest BCUT2D eigenvalue weighted by molar-refractivity contribution is -0.386. The number of nitro benzene ring substituents is 1. The fourth-order valence-electron chi connectivity index (χ4n) is 1.60. The van der Waals surface area contributed by atoms with Gasteiger partial charge in [0, 0.05) is 12.1 Å². The van der Waals surface area contributed by atoms with Crippen molar-refractivity contribution < 1.29 is 28.4 Å². The SMILES string of the molecule is CCOP(=O)(OCC)C(C)Oc1cc(O)ccc1[N+](=O)[O-]. The van der Waals surface area contributed by atoms with E-state index in [1.165, 1.54) is 13.0 Å². The Morgan fingerprint density at radius 2 is 1.90 bits per heavy atom. The van der Waals surface area contributed by atoms with E-state index in [9.17, 15) is 19.8 Å². The number of hydrogen-bond acceptors (Lipinski definition) is 7. The van der Waals surface area contributed by atoms with Crippen molar-refractivity contribution in [2.75, 3.05) is 13.2 Å². The van der Waals surface area contributed by atoms with Crippen molar-refractivity contribution in [2.45, 2.75) is 26.6 Å². The maximum absolute atomic E-state index is 12.5. The van der Waals surface area contributed by atoms with Crippen LogP contribution in [-0.2, 0) is 13.6 Å². The van der Waals surface area contributed by atoms with Crippen molar-refractivity contribution in [3.63, 3.8) is 0 Å². The van der Waals surface area contributed by atoms with Crippen LogP contribution in [0.3, 0.4) is 0 Å². The fraction of sp³-hybridized carbons (Fsp3) is 0.500. The molecule has 1 atom stereocenters. The van der Waals surface area contributed by atoms with E-state index in [4.69, 9.17) is 13.8 Å². The summed E-state index contributed by atoms with van der Waals surface area (Å²) in [6, 6.07) is 3.35. The highest BCUT2D eigenvalue weighted by atomic mass is 31.2. The Bertz CT molecular complexity index is 538. The number of phenolic OH excluding ortho intramolecular Hbond substituents is 1. The predicted octanol–water partition coefficient (Wildman–Crippen LogP) is 3.29. The van der Waals surface area contributed by atoms with Crippen molar-refractivity contribution >= 4 is 13.3 Å². The zero-order chi connectivity index (χ0) is 16.0. The topological polar surface area (TPSA) is 108 Å². The summed E-state index contributed by atoms with van der Waals surface area (Å²) in [5, 5.41) is 20.3. The highest BCUT2D eigenvalue weighted by molar-refractivity contribution is 7.54. The van der Waals surface area contributed by atoms with E-state index in [1.807, 2.05) is 0 Å². The molecule has 0 aromatic heterocycles. The minimum absolute atomic E-state index is 0.146. The quantitative estimate of drug-likeness (QED) is 0.445. The van der Waals surface area contributed by atoms with Gasteiger partial charge in [0.1, 0.15) is 5.75 Å². The highest BCUT2D eigenvalue weighted by Gasteiger charge is 2.35. The summed E-state index contributed by atoms with van der Waals surface area (Å²) < 4.78 is 28.0. The van der Waals surface area contributed by atoms with E-state index in [1.54, 1.807) is 13.8 Å². The lowest BCUT2D eigenvalue weighted by Crippen LogP contribution is -2.17. The third-order valence-corrected chi connectivity index (χ3v) is 4.73. The number of hydrogen-bond donors (Lipinski definition) is 1. The van der Waals surface area contributed by atoms with Crippen molar-refractivity contribution in [1.82, 2.24) is 0 Å². The fourth-order valence-corrected chi connectivity index (χ4v) is 3.06. The Labute approximate surface area is 122 Å². The summed E-state index contributed by atoms with van der Waals surface area (Å²) in [6.45, 7) is 5.02. The standard InChI is InChI=1S/C12H18NO7P/c1-4-18-21(17,19-5-2)9(3)20-12-8-10(14)6-7-11(12)13(15)16/h6-9,14H,4-5H2,1-3H3. The average Bonchev–Trinajstić information content (AvgIpc) is 2.38. The molecule has 0 fully saturated rings. The molecule has 0 aliphatic carbocycles. The molecule has 0 saturated carbocycles. The number of aromatic hydroxyl groups is 1. The third-order valence-electron chi connectivity index (χ3n) is 2.50. The molecule has 0 spiro atoms. The largest absolute Gasteiger partial charge is 0.508 e. The Hall–Kier alpha value is -1.63. The van der Waals surface area contributed by atoms with Gasteiger partial charge in [-0.1, -0.05) is 0 Å². The first-order valence-electron chi connectivity index (χ1n) is 6.37. The summed E-state index contributed by atoms with van der Waals surface area (Å²) >= 11 is 0. The molecule has 0 radical (unpaired) electrons. The van der Waals surface area contributed by atoms with Gasteiger partial charge in [-0.3, -0.25) is 14.7 Å². The van der Waals surface area contributed by atoms with Crippen LogP contribution in [0.4, 0.5) is 5.69 Å². The lowest BCUT2D eigenvalue weighted by atomic mass is 10.3. The second-order valence-electron chi connectivity index (χ2n) is 4.00. The van der Waals surface area contributed by atoms with Gasteiger partial charge in [0.2, 0.25) is 5.75 Å².